The van der Waals surface area contributed by atoms with Gasteiger partial charge in [0.15, 0.2) is 5.78 Å². The lowest BCUT2D eigenvalue weighted by molar-refractivity contribution is -0.143. The molecule has 1 aliphatic carbocycles. The molecule has 0 radical (unpaired) electrons. The lowest BCUT2D eigenvalue weighted by Gasteiger charge is -2.25. The van der Waals surface area contributed by atoms with Gasteiger partial charge in [-0.2, -0.15) is 0 Å². The third kappa shape index (κ3) is 7.05. The smallest absolute Gasteiger partial charge is 0.306 e. The molecule has 3 rings (SSSR count). The van der Waals surface area contributed by atoms with E-state index in [-0.39, 0.29) is 11.7 Å². The van der Waals surface area contributed by atoms with Crippen LogP contribution in [0.2, 0.25) is 0 Å². The SMILES string of the molecule is CCc1nc(C#CC(C)(C)OC)c(C(=O)CCC2CCC(C(=O)O)CC2)n1Cc1ccc(C)cc1. The van der Waals surface area contributed by atoms with Gasteiger partial charge in [-0.3, -0.25) is 9.59 Å². The van der Waals surface area contributed by atoms with Crippen molar-refractivity contribution in [3.05, 3.63) is 52.6 Å². The average molecular weight is 479 g/mol. The highest BCUT2D eigenvalue weighted by atomic mass is 16.5. The van der Waals surface area contributed by atoms with Crippen molar-refractivity contribution in [3.63, 3.8) is 0 Å². The molecule has 0 atom stereocenters. The van der Waals surface area contributed by atoms with Crippen LogP contribution in [0.3, 0.4) is 0 Å². The van der Waals surface area contributed by atoms with E-state index in [9.17, 15) is 14.7 Å². The van der Waals surface area contributed by atoms with Gasteiger partial charge in [-0.05, 0) is 70.3 Å². The fraction of sp³-hybridized carbons (Fsp3) is 0.552. The molecule has 188 valence electrons. The number of carbonyl (C=O) groups excluding carboxylic acids is 1. The molecule has 1 aromatic carbocycles. The van der Waals surface area contributed by atoms with Crippen molar-refractivity contribution in [2.24, 2.45) is 11.8 Å². The average Bonchev–Trinajstić information content (AvgIpc) is 3.20. The number of carboxylic acids is 1. The Bertz CT molecular complexity index is 1090. The van der Waals surface area contributed by atoms with E-state index in [1.807, 2.05) is 25.3 Å². The first kappa shape index (κ1) is 26.7. The predicted molar refractivity (Wildman–Crippen MR) is 137 cm³/mol. The molecule has 6 nitrogen and oxygen atoms in total. The van der Waals surface area contributed by atoms with Crippen molar-refractivity contribution in [2.75, 3.05) is 7.11 Å². The van der Waals surface area contributed by atoms with Crippen LogP contribution in [-0.4, -0.2) is 39.1 Å². The highest BCUT2D eigenvalue weighted by Crippen LogP contribution is 2.32. The van der Waals surface area contributed by atoms with E-state index in [2.05, 4.69) is 43.0 Å². The minimum Gasteiger partial charge on any atom is -0.481 e. The maximum atomic E-state index is 13.6. The van der Waals surface area contributed by atoms with Gasteiger partial charge in [0.25, 0.3) is 0 Å². The van der Waals surface area contributed by atoms with Gasteiger partial charge in [-0.25, -0.2) is 4.98 Å². The van der Waals surface area contributed by atoms with E-state index < -0.39 is 11.6 Å². The second kappa shape index (κ2) is 11.7. The fourth-order valence-corrected chi connectivity index (χ4v) is 4.60. The first-order valence-electron chi connectivity index (χ1n) is 12.6. The van der Waals surface area contributed by atoms with Crippen LogP contribution >= 0.6 is 0 Å². The van der Waals surface area contributed by atoms with E-state index in [0.717, 1.165) is 30.7 Å². The normalized spacial score (nSPS) is 18.1. The third-order valence-corrected chi connectivity index (χ3v) is 7.06. The quantitative estimate of drug-likeness (QED) is 0.384. The zero-order chi connectivity index (χ0) is 25.6. The van der Waals surface area contributed by atoms with E-state index in [1.54, 1.807) is 7.11 Å². The number of carbonyl (C=O) groups is 2. The van der Waals surface area contributed by atoms with Gasteiger partial charge in [-0.1, -0.05) is 42.7 Å². The summed E-state index contributed by atoms with van der Waals surface area (Å²) in [6.45, 7) is 8.44. The molecule has 0 bridgehead atoms. The standard InChI is InChI=1S/C29H38N2O4/c1-6-26-30-24(17-18-29(3,4)35-5)27(31(26)19-22-9-7-20(2)8-10-22)25(32)16-13-21-11-14-23(15-12-21)28(33)34/h7-10,21,23H,6,11-16,19H2,1-5H3,(H,33,34). The first-order chi connectivity index (χ1) is 16.6. The largest absolute Gasteiger partial charge is 0.481 e. The molecule has 2 aromatic rings. The number of aliphatic carboxylic acids is 1. The number of carboxylic acid groups (broad SMARTS) is 1. The Morgan fingerprint density at radius 3 is 2.40 bits per heavy atom. The minimum atomic E-state index is -0.700. The topological polar surface area (TPSA) is 81.4 Å². The summed E-state index contributed by atoms with van der Waals surface area (Å²) < 4.78 is 7.47. The third-order valence-electron chi connectivity index (χ3n) is 7.06. The van der Waals surface area contributed by atoms with Crippen LogP contribution in [0.1, 0.15) is 92.4 Å². The van der Waals surface area contributed by atoms with Crippen LogP contribution in [0.15, 0.2) is 24.3 Å². The van der Waals surface area contributed by atoms with E-state index in [0.29, 0.717) is 49.5 Å². The maximum absolute atomic E-state index is 13.6. The Labute approximate surface area is 209 Å². The molecular formula is C29H38N2O4. The van der Waals surface area contributed by atoms with Crippen LogP contribution < -0.4 is 0 Å². The highest BCUT2D eigenvalue weighted by Gasteiger charge is 2.28. The summed E-state index contributed by atoms with van der Waals surface area (Å²) >= 11 is 0. The van der Waals surface area contributed by atoms with E-state index >= 15 is 0 Å². The first-order valence-corrected chi connectivity index (χ1v) is 12.6. The molecule has 0 unspecified atom stereocenters. The van der Waals surface area contributed by atoms with Gasteiger partial charge in [0.2, 0.25) is 0 Å². The van der Waals surface area contributed by atoms with Gasteiger partial charge < -0.3 is 14.4 Å². The Kier molecular flexibility index (Phi) is 8.91. The van der Waals surface area contributed by atoms with Gasteiger partial charge in [-0.15, -0.1) is 0 Å². The number of ketones is 1. The van der Waals surface area contributed by atoms with Gasteiger partial charge in [0.05, 0.1) is 5.92 Å². The number of aromatic nitrogens is 2. The van der Waals surface area contributed by atoms with Crippen LogP contribution in [0.5, 0.6) is 0 Å². The highest BCUT2D eigenvalue weighted by molar-refractivity contribution is 5.96. The van der Waals surface area contributed by atoms with Crippen molar-refractivity contribution in [2.45, 2.75) is 84.8 Å². The van der Waals surface area contributed by atoms with Crippen LogP contribution in [0.25, 0.3) is 0 Å². The Morgan fingerprint density at radius 2 is 1.83 bits per heavy atom. The molecule has 6 heteroatoms. The molecule has 0 amide bonds. The summed E-state index contributed by atoms with van der Waals surface area (Å²) in [5, 5.41) is 9.25. The summed E-state index contributed by atoms with van der Waals surface area (Å²) in [6.07, 6.45) is 4.99. The number of nitrogens with zero attached hydrogens (tertiary/aromatic N) is 2. The molecule has 0 saturated heterocycles. The zero-order valence-electron chi connectivity index (χ0n) is 21.7. The van der Waals surface area contributed by atoms with E-state index in [1.165, 1.54) is 5.56 Å². The summed E-state index contributed by atoms with van der Waals surface area (Å²) in [5.41, 5.74) is 2.74. The Balaban J connectivity index is 1.88. The fourth-order valence-electron chi connectivity index (χ4n) is 4.60. The van der Waals surface area contributed by atoms with Gasteiger partial charge in [0.1, 0.15) is 22.8 Å². The number of Topliss-reactive ketones (excluding diaryl/α,β-unsaturated/α-hetero) is 1. The second-order valence-corrected chi connectivity index (χ2v) is 10.1. The van der Waals surface area contributed by atoms with Crippen LogP contribution in [0.4, 0.5) is 0 Å². The van der Waals surface area contributed by atoms with Gasteiger partial charge >= 0.3 is 5.97 Å². The number of aryl methyl sites for hydroxylation is 2. The second-order valence-electron chi connectivity index (χ2n) is 10.1. The number of hydrogen-bond acceptors (Lipinski definition) is 4. The van der Waals surface area contributed by atoms with Gasteiger partial charge in [0, 0.05) is 26.5 Å². The summed E-state index contributed by atoms with van der Waals surface area (Å²) in [4.78, 5) is 29.6. The molecule has 1 aromatic heterocycles. The van der Waals surface area contributed by atoms with Crippen molar-refractivity contribution in [1.29, 1.82) is 0 Å². The van der Waals surface area contributed by atoms with Crippen LogP contribution in [-0.2, 0) is 22.5 Å². The zero-order valence-corrected chi connectivity index (χ0v) is 21.7. The number of methoxy groups -OCH3 is 1. The lowest BCUT2D eigenvalue weighted by Crippen LogP contribution is -2.22. The summed E-state index contributed by atoms with van der Waals surface area (Å²) in [7, 11) is 1.62. The summed E-state index contributed by atoms with van der Waals surface area (Å²) in [6, 6.07) is 8.33. The molecule has 1 N–H and O–H groups in total. The summed E-state index contributed by atoms with van der Waals surface area (Å²) in [5.74, 6) is 6.59. The number of hydrogen-bond donors (Lipinski definition) is 1. The molecule has 0 aliphatic heterocycles. The Hall–Kier alpha value is -2.91. The Morgan fingerprint density at radius 1 is 1.17 bits per heavy atom. The van der Waals surface area contributed by atoms with Crippen LogP contribution in [0, 0.1) is 30.6 Å². The molecular weight excluding hydrogens is 440 g/mol. The monoisotopic (exact) mass is 478 g/mol. The molecule has 1 fully saturated rings. The van der Waals surface area contributed by atoms with Crippen molar-refractivity contribution in [3.8, 4) is 11.8 Å². The number of benzene rings is 1. The predicted octanol–water partition coefficient (Wildman–Crippen LogP) is 5.43. The van der Waals surface area contributed by atoms with Crippen molar-refractivity contribution < 1.29 is 19.4 Å². The number of imidazole rings is 1. The molecule has 35 heavy (non-hydrogen) atoms. The number of rotatable bonds is 9. The molecule has 0 spiro atoms. The molecule has 1 saturated carbocycles. The molecule has 1 aliphatic rings. The van der Waals surface area contributed by atoms with Crippen molar-refractivity contribution in [1.82, 2.24) is 9.55 Å². The molecule has 1 heterocycles. The van der Waals surface area contributed by atoms with E-state index in [4.69, 9.17) is 9.72 Å². The number of ether oxygens (including phenoxy) is 1. The minimum absolute atomic E-state index is 0.0455. The maximum Gasteiger partial charge on any atom is 0.306 e. The van der Waals surface area contributed by atoms with Crippen molar-refractivity contribution >= 4 is 11.8 Å². The lowest BCUT2D eigenvalue weighted by atomic mass is 9.79.